The van der Waals surface area contributed by atoms with Crippen molar-refractivity contribution in [1.82, 2.24) is 9.88 Å². The molecule has 98 valence electrons. The van der Waals surface area contributed by atoms with E-state index < -0.39 is 0 Å². The lowest BCUT2D eigenvalue weighted by molar-refractivity contribution is 0.528. The zero-order valence-electron chi connectivity index (χ0n) is 10.6. The first-order valence-electron chi connectivity index (χ1n) is 6.21. The highest BCUT2D eigenvalue weighted by Crippen LogP contribution is 2.14. The smallest absolute Gasteiger partial charge is 0.408 e. The van der Waals surface area contributed by atoms with Gasteiger partial charge < -0.3 is 15.5 Å². The fourth-order valence-corrected chi connectivity index (χ4v) is 1.91. The van der Waals surface area contributed by atoms with Gasteiger partial charge in [0.2, 0.25) is 0 Å². The number of rotatable bonds is 6. The van der Waals surface area contributed by atoms with Crippen LogP contribution in [0.1, 0.15) is 18.4 Å². The summed E-state index contributed by atoms with van der Waals surface area (Å²) in [6.07, 6.45) is 2.13. The SMILES string of the molecule is Cn1c(=O)oc2ccc(CNCCCCN)cc21. The number of nitrogens with two attached hydrogens (primary N) is 1. The Hall–Kier alpha value is -1.59. The Morgan fingerprint density at radius 3 is 3.00 bits per heavy atom. The van der Waals surface area contributed by atoms with Crippen molar-refractivity contribution in [3.8, 4) is 0 Å². The lowest BCUT2D eigenvalue weighted by atomic mass is 10.2. The molecule has 0 amide bonds. The largest absolute Gasteiger partial charge is 0.419 e. The quantitative estimate of drug-likeness (QED) is 0.748. The fraction of sp³-hybridized carbons (Fsp3) is 0.462. The second-order valence-corrected chi connectivity index (χ2v) is 4.40. The van der Waals surface area contributed by atoms with Gasteiger partial charge in [-0.3, -0.25) is 4.57 Å². The maximum absolute atomic E-state index is 11.4. The van der Waals surface area contributed by atoms with E-state index in [0.717, 1.165) is 43.6 Å². The molecule has 5 heteroatoms. The number of oxazole rings is 1. The van der Waals surface area contributed by atoms with E-state index in [4.69, 9.17) is 10.2 Å². The van der Waals surface area contributed by atoms with Gasteiger partial charge in [-0.25, -0.2) is 4.79 Å². The predicted molar refractivity (Wildman–Crippen MR) is 71.5 cm³/mol. The number of hydrogen-bond acceptors (Lipinski definition) is 4. The molecule has 0 radical (unpaired) electrons. The number of unbranched alkanes of at least 4 members (excludes halogenated alkanes) is 1. The van der Waals surface area contributed by atoms with Gasteiger partial charge in [0.25, 0.3) is 0 Å². The highest BCUT2D eigenvalue weighted by Gasteiger charge is 2.05. The summed E-state index contributed by atoms with van der Waals surface area (Å²) in [6, 6.07) is 5.80. The van der Waals surface area contributed by atoms with Crippen LogP contribution in [0.4, 0.5) is 0 Å². The second kappa shape index (κ2) is 5.84. The molecule has 0 fully saturated rings. The normalized spacial score (nSPS) is 11.2. The summed E-state index contributed by atoms with van der Waals surface area (Å²) in [5.41, 5.74) is 8.05. The van der Waals surface area contributed by atoms with E-state index in [2.05, 4.69) is 5.32 Å². The van der Waals surface area contributed by atoms with E-state index in [1.807, 2.05) is 18.2 Å². The average Bonchev–Trinajstić information content (AvgIpc) is 2.65. The molecular formula is C13H19N3O2. The molecule has 0 atom stereocenters. The summed E-state index contributed by atoms with van der Waals surface area (Å²) in [6.45, 7) is 2.49. The Bertz CT molecular complexity index is 571. The standard InChI is InChI=1S/C13H19N3O2/c1-16-11-8-10(9-15-7-3-2-6-14)4-5-12(11)18-13(16)17/h4-5,8,15H,2-3,6-7,9,14H2,1H3. The molecule has 1 heterocycles. The number of nitrogens with one attached hydrogen (secondary N) is 1. The molecule has 0 saturated carbocycles. The van der Waals surface area contributed by atoms with Crippen molar-refractivity contribution < 1.29 is 4.42 Å². The van der Waals surface area contributed by atoms with Crippen LogP contribution in [-0.4, -0.2) is 17.7 Å². The molecule has 0 aliphatic carbocycles. The Morgan fingerprint density at radius 1 is 1.39 bits per heavy atom. The fourth-order valence-electron chi connectivity index (χ4n) is 1.91. The maximum atomic E-state index is 11.4. The second-order valence-electron chi connectivity index (χ2n) is 4.40. The van der Waals surface area contributed by atoms with Gasteiger partial charge in [0, 0.05) is 13.6 Å². The minimum atomic E-state index is -0.321. The Balaban J connectivity index is 2.01. The Labute approximate surface area is 106 Å². The third kappa shape index (κ3) is 2.80. The van der Waals surface area contributed by atoms with Crippen molar-refractivity contribution in [3.05, 3.63) is 34.3 Å². The van der Waals surface area contributed by atoms with Crippen LogP contribution in [0.15, 0.2) is 27.4 Å². The maximum Gasteiger partial charge on any atom is 0.419 e. The molecule has 0 bridgehead atoms. The summed E-state index contributed by atoms with van der Waals surface area (Å²) < 4.78 is 6.61. The van der Waals surface area contributed by atoms with Crippen molar-refractivity contribution in [3.63, 3.8) is 0 Å². The van der Waals surface area contributed by atoms with Crippen LogP contribution in [-0.2, 0) is 13.6 Å². The van der Waals surface area contributed by atoms with Crippen molar-refractivity contribution in [2.24, 2.45) is 12.8 Å². The molecule has 18 heavy (non-hydrogen) atoms. The van der Waals surface area contributed by atoms with Gasteiger partial charge in [-0.05, 0) is 43.6 Å². The molecule has 0 aliphatic rings. The first kappa shape index (κ1) is 12.9. The minimum absolute atomic E-state index is 0.321. The number of nitrogens with zero attached hydrogens (tertiary/aromatic N) is 1. The van der Waals surface area contributed by atoms with Gasteiger partial charge in [0.1, 0.15) is 0 Å². The molecule has 0 saturated heterocycles. The Kier molecular flexibility index (Phi) is 4.17. The van der Waals surface area contributed by atoms with Gasteiger partial charge in [0.15, 0.2) is 5.58 Å². The van der Waals surface area contributed by atoms with Crippen LogP contribution in [0, 0.1) is 0 Å². The highest BCUT2D eigenvalue weighted by molar-refractivity contribution is 5.73. The van der Waals surface area contributed by atoms with E-state index in [0.29, 0.717) is 5.58 Å². The summed E-state index contributed by atoms with van der Waals surface area (Å²) in [5, 5.41) is 3.35. The number of aryl methyl sites for hydroxylation is 1. The summed E-state index contributed by atoms with van der Waals surface area (Å²) in [4.78, 5) is 11.4. The molecule has 0 unspecified atom stereocenters. The number of aromatic nitrogens is 1. The lowest BCUT2D eigenvalue weighted by Gasteiger charge is -2.04. The first-order valence-corrected chi connectivity index (χ1v) is 6.21. The van der Waals surface area contributed by atoms with Crippen molar-refractivity contribution >= 4 is 11.1 Å². The predicted octanol–water partition coefficient (Wildman–Crippen LogP) is 0.960. The third-order valence-corrected chi connectivity index (χ3v) is 2.99. The van der Waals surface area contributed by atoms with E-state index >= 15 is 0 Å². The van der Waals surface area contributed by atoms with E-state index in [1.54, 1.807) is 7.05 Å². The van der Waals surface area contributed by atoms with Crippen molar-refractivity contribution in [2.45, 2.75) is 19.4 Å². The summed E-state index contributed by atoms with van der Waals surface area (Å²) in [7, 11) is 1.71. The molecule has 0 spiro atoms. The molecule has 3 N–H and O–H groups in total. The monoisotopic (exact) mass is 249 g/mol. The average molecular weight is 249 g/mol. The zero-order valence-corrected chi connectivity index (χ0v) is 10.6. The van der Waals surface area contributed by atoms with Crippen LogP contribution in [0.5, 0.6) is 0 Å². The van der Waals surface area contributed by atoms with Crippen LogP contribution in [0.3, 0.4) is 0 Å². The van der Waals surface area contributed by atoms with Crippen molar-refractivity contribution in [1.29, 1.82) is 0 Å². The zero-order chi connectivity index (χ0) is 13.0. The lowest BCUT2D eigenvalue weighted by Crippen LogP contribution is -2.16. The summed E-state index contributed by atoms with van der Waals surface area (Å²) in [5.74, 6) is -0.321. The van der Waals surface area contributed by atoms with E-state index in [9.17, 15) is 4.79 Å². The van der Waals surface area contributed by atoms with Gasteiger partial charge in [-0.15, -0.1) is 0 Å². The molecule has 2 rings (SSSR count). The van der Waals surface area contributed by atoms with Gasteiger partial charge in [-0.1, -0.05) is 6.07 Å². The topological polar surface area (TPSA) is 73.2 Å². The van der Waals surface area contributed by atoms with Crippen molar-refractivity contribution in [2.75, 3.05) is 13.1 Å². The van der Waals surface area contributed by atoms with Crippen LogP contribution >= 0.6 is 0 Å². The van der Waals surface area contributed by atoms with Crippen LogP contribution in [0.25, 0.3) is 11.1 Å². The van der Waals surface area contributed by atoms with E-state index in [1.165, 1.54) is 4.57 Å². The number of benzene rings is 1. The minimum Gasteiger partial charge on any atom is -0.408 e. The van der Waals surface area contributed by atoms with E-state index in [-0.39, 0.29) is 5.76 Å². The molecule has 5 nitrogen and oxygen atoms in total. The number of fused-ring (bicyclic) bond motifs is 1. The summed E-state index contributed by atoms with van der Waals surface area (Å²) >= 11 is 0. The number of hydrogen-bond donors (Lipinski definition) is 2. The molecule has 0 aliphatic heterocycles. The Morgan fingerprint density at radius 2 is 2.22 bits per heavy atom. The van der Waals surface area contributed by atoms with Gasteiger partial charge >= 0.3 is 5.76 Å². The molecule has 2 aromatic rings. The molecule has 1 aromatic carbocycles. The van der Waals surface area contributed by atoms with Gasteiger partial charge in [0.05, 0.1) is 5.52 Å². The third-order valence-electron chi connectivity index (χ3n) is 2.99. The molecule has 1 aromatic heterocycles. The first-order chi connectivity index (χ1) is 8.72. The highest BCUT2D eigenvalue weighted by atomic mass is 16.4. The van der Waals surface area contributed by atoms with Gasteiger partial charge in [-0.2, -0.15) is 0 Å². The van der Waals surface area contributed by atoms with Crippen LogP contribution in [0.2, 0.25) is 0 Å². The van der Waals surface area contributed by atoms with Crippen LogP contribution < -0.4 is 16.8 Å². The molecular weight excluding hydrogens is 230 g/mol.